The number of benzene rings is 1. The van der Waals surface area contributed by atoms with Crippen molar-refractivity contribution in [1.29, 1.82) is 0 Å². The monoisotopic (exact) mass is 309 g/mol. The normalized spacial score (nSPS) is 10.3. The molecule has 2 aromatic rings. The summed E-state index contributed by atoms with van der Waals surface area (Å²) in [6.45, 7) is 0.0352. The molecule has 8 heteroatoms. The zero-order valence-corrected chi connectivity index (χ0v) is 11.5. The molecule has 1 heterocycles. The number of nitrogens with zero attached hydrogens (tertiary/aromatic N) is 2. The van der Waals surface area contributed by atoms with Crippen LogP contribution in [0.15, 0.2) is 41.6 Å². The number of amides is 1. The second kappa shape index (κ2) is 7.30. The fraction of sp³-hybridized carbons (Fsp3) is 0.214. The lowest BCUT2D eigenvalue weighted by Gasteiger charge is -2.09. The molecule has 0 aliphatic heterocycles. The van der Waals surface area contributed by atoms with Gasteiger partial charge in [-0.2, -0.15) is 0 Å². The molecule has 1 aromatic carbocycles. The van der Waals surface area contributed by atoms with Gasteiger partial charge in [-0.3, -0.25) is 14.2 Å². The van der Waals surface area contributed by atoms with Gasteiger partial charge in [0.1, 0.15) is 5.82 Å². The van der Waals surface area contributed by atoms with Crippen molar-refractivity contribution in [3.63, 3.8) is 0 Å². The lowest BCUT2D eigenvalue weighted by Crippen LogP contribution is -2.33. The molecule has 6 nitrogen and oxygen atoms in total. The third-order valence-corrected chi connectivity index (χ3v) is 2.72. The Kier molecular flexibility index (Phi) is 5.18. The Bertz CT molecular complexity index is 718. The molecule has 0 saturated heterocycles. The molecule has 0 bridgehead atoms. The van der Waals surface area contributed by atoms with Crippen LogP contribution >= 0.6 is 0 Å². The van der Waals surface area contributed by atoms with E-state index < -0.39 is 24.1 Å². The first-order chi connectivity index (χ1) is 10.6. The first kappa shape index (κ1) is 15.6. The van der Waals surface area contributed by atoms with Crippen LogP contribution in [0, 0.1) is 11.6 Å². The van der Waals surface area contributed by atoms with Gasteiger partial charge < -0.3 is 10.1 Å². The molecule has 1 amide bonds. The Balaban J connectivity index is 1.76. The molecule has 0 radical (unpaired) electrons. The number of hydrogen-bond acceptors (Lipinski definition) is 4. The Hall–Kier alpha value is -2.77. The lowest BCUT2D eigenvalue weighted by molar-refractivity contribution is -0.123. The highest BCUT2D eigenvalue weighted by Crippen LogP contribution is 2.17. The maximum Gasteiger partial charge on any atom is 0.258 e. The second-order valence-electron chi connectivity index (χ2n) is 4.33. The zero-order chi connectivity index (χ0) is 15.9. The van der Waals surface area contributed by atoms with E-state index in [1.54, 1.807) is 0 Å². The Morgan fingerprint density at radius 2 is 2.14 bits per heavy atom. The summed E-state index contributed by atoms with van der Waals surface area (Å²) in [6.07, 6.45) is 2.74. The molecule has 2 rings (SSSR count). The number of aromatic nitrogens is 2. The van der Waals surface area contributed by atoms with Crippen LogP contribution in [0.4, 0.5) is 8.78 Å². The summed E-state index contributed by atoms with van der Waals surface area (Å²) in [5.41, 5.74) is -0.228. The number of rotatable bonds is 6. The average molecular weight is 309 g/mol. The molecule has 0 atom stereocenters. The highest BCUT2D eigenvalue weighted by Gasteiger charge is 2.07. The van der Waals surface area contributed by atoms with Gasteiger partial charge in [-0.05, 0) is 12.1 Å². The van der Waals surface area contributed by atoms with Gasteiger partial charge in [0.15, 0.2) is 18.2 Å². The van der Waals surface area contributed by atoms with Crippen LogP contribution in [0.3, 0.4) is 0 Å². The van der Waals surface area contributed by atoms with Crippen LogP contribution < -0.4 is 15.6 Å². The summed E-state index contributed by atoms with van der Waals surface area (Å²) in [7, 11) is 0. The molecule has 1 N–H and O–H groups in total. The van der Waals surface area contributed by atoms with E-state index in [1.807, 2.05) is 0 Å². The van der Waals surface area contributed by atoms with E-state index in [1.165, 1.54) is 23.2 Å². The molecule has 0 aliphatic rings. The Morgan fingerprint density at radius 1 is 1.32 bits per heavy atom. The number of ether oxygens (including phenoxy) is 1. The first-order valence-corrected chi connectivity index (χ1v) is 6.41. The fourth-order valence-corrected chi connectivity index (χ4v) is 1.65. The minimum absolute atomic E-state index is 0.194. The first-order valence-electron chi connectivity index (χ1n) is 6.41. The maximum atomic E-state index is 13.3. The highest BCUT2D eigenvalue weighted by atomic mass is 19.1. The van der Waals surface area contributed by atoms with Gasteiger partial charge in [-0.15, -0.1) is 0 Å². The maximum absolute atomic E-state index is 13.3. The van der Waals surface area contributed by atoms with Crippen LogP contribution in [-0.4, -0.2) is 28.6 Å². The van der Waals surface area contributed by atoms with Crippen molar-refractivity contribution < 1.29 is 18.3 Å². The Labute approximate surface area is 124 Å². The van der Waals surface area contributed by atoms with Gasteiger partial charge in [0.05, 0.1) is 6.33 Å². The molecule has 116 valence electrons. The average Bonchev–Trinajstić information content (AvgIpc) is 2.48. The molecular formula is C14H13F2N3O3. The molecule has 0 saturated carbocycles. The molecule has 0 unspecified atom stereocenters. The summed E-state index contributed by atoms with van der Waals surface area (Å²) in [5, 5.41) is 2.51. The largest absolute Gasteiger partial charge is 0.481 e. The second-order valence-corrected chi connectivity index (χ2v) is 4.33. The van der Waals surface area contributed by atoms with E-state index >= 15 is 0 Å². The van der Waals surface area contributed by atoms with Gasteiger partial charge in [0.2, 0.25) is 0 Å². The summed E-state index contributed by atoms with van der Waals surface area (Å²) in [4.78, 5) is 26.7. The van der Waals surface area contributed by atoms with E-state index in [4.69, 9.17) is 4.74 Å². The third-order valence-electron chi connectivity index (χ3n) is 2.72. The quantitative estimate of drug-likeness (QED) is 0.853. The minimum atomic E-state index is -0.880. The van der Waals surface area contributed by atoms with Crippen LogP contribution in [0.1, 0.15) is 0 Å². The van der Waals surface area contributed by atoms with Crippen LogP contribution in [0.5, 0.6) is 5.75 Å². The third kappa shape index (κ3) is 4.37. The summed E-state index contributed by atoms with van der Waals surface area (Å²) in [5.74, 6) is -2.30. The van der Waals surface area contributed by atoms with Gasteiger partial charge >= 0.3 is 0 Å². The summed E-state index contributed by atoms with van der Waals surface area (Å²) in [6, 6.07) is 4.11. The van der Waals surface area contributed by atoms with Crippen LogP contribution in [0.25, 0.3) is 0 Å². The van der Waals surface area contributed by atoms with Crippen molar-refractivity contribution in [2.24, 2.45) is 0 Å². The number of halogens is 2. The smallest absolute Gasteiger partial charge is 0.258 e. The van der Waals surface area contributed by atoms with Crippen LogP contribution in [-0.2, 0) is 11.3 Å². The standard InChI is InChI=1S/C14H13F2N3O3/c15-10-1-2-12(11(16)7-10)22-8-13(20)18-5-6-19-9-17-4-3-14(19)21/h1-4,7,9H,5-6,8H2,(H,18,20). The van der Waals surface area contributed by atoms with Gasteiger partial charge in [-0.1, -0.05) is 0 Å². The van der Waals surface area contributed by atoms with Gasteiger partial charge in [-0.25, -0.2) is 13.8 Å². The Morgan fingerprint density at radius 3 is 2.86 bits per heavy atom. The van der Waals surface area contributed by atoms with Gasteiger partial charge in [0.25, 0.3) is 11.5 Å². The van der Waals surface area contributed by atoms with E-state index in [-0.39, 0.29) is 24.4 Å². The predicted octanol–water partition coefficient (Wildman–Crippen LogP) is 0.717. The van der Waals surface area contributed by atoms with Crippen molar-refractivity contribution in [2.75, 3.05) is 13.2 Å². The van der Waals surface area contributed by atoms with Crippen molar-refractivity contribution >= 4 is 5.91 Å². The van der Waals surface area contributed by atoms with E-state index in [2.05, 4.69) is 10.3 Å². The number of carbonyl (C=O) groups is 1. The highest BCUT2D eigenvalue weighted by molar-refractivity contribution is 5.77. The predicted molar refractivity (Wildman–Crippen MR) is 73.4 cm³/mol. The number of hydrogen-bond donors (Lipinski definition) is 1. The van der Waals surface area contributed by atoms with E-state index in [9.17, 15) is 18.4 Å². The van der Waals surface area contributed by atoms with E-state index in [0.29, 0.717) is 6.07 Å². The van der Waals surface area contributed by atoms with Crippen molar-refractivity contribution in [3.8, 4) is 5.75 Å². The molecule has 1 aromatic heterocycles. The SMILES string of the molecule is O=C(COc1ccc(F)cc1F)NCCn1cnccc1=O. The van der Waals surface area contributed by atoms with E-state index in [0.717, 1.165) is 12.1 Å². The number of nitrogens with one attached hydrogen (secondary N) is 1. The van der Waals surface area contributed by atoms with Gasteiger partial charge in [0, 0.05) is 31.4 Å². The molecule has 22 heavy (non-hydrogen) atoms. The van der Waals surface area contributed by atoms with Crippen molar-refractivity contribution in [1.82, 2.24) is 14.9 Å². The molecule has 0 fully saturated rings. The summed E-state index contributed by atoms with van der Waals surface area (Å²) < 4.78 is 32.3. The van der Waals surface area contributed by atoms with Crippen molar-refractivity contribution in [3.05, 3.63) is 58.8 Å². The lowest BCUT2D eigenvalue weighted by atomic mass is 10.3. The topological polar surface area (TPSA) is 73.2 Å². The van der Waals surface area contributed by atoms with Crippen molar-refractivity contribution in [2.45, 2.75) is 6.54 Å². The molecule has 0 spiro atoms. The summed E-state index contributed by atoms with van der Waals surface area (Å²) >= 11 is 0. The van der Waals surface area contributed by atoms with Crippen LogP contribution in [0.2, 0.25) is 0 Å². The minimum Gasteiger partial charge on any atom is -0.481 e. The fourth-order valence-electron chi connectivity index (χ4n) is 1.65. The molecule has 0 aliphatic carbocycles. The number of carbonyl (C=O) groups excluding carboxylic acids is 1. The molecular weight excluding hydrogens is 296 g/mol. The zero-order valence-electron chi connectivity index (χ0n) is 11.5.